The summed E-state index contributed by atoms with van der Waals surface area (Å²) in [5, 5.41) is 8.96. The van der Waals surface area contributed by atoms with Crippen molar-refractivity contribution in [3.63, 3.8) is 0 Å². The fourth-order valence-corrected chi connectivity index (χ4v) is 6.05. The zero-order chi connectivity index (χ0) is 13.0. The van der Waals surface area contributed by atoms with E-state index in [1.54, 1.807) is 0 Å². The van der Waals surface area contributed by atoms with E-state index in [-0.39, 0.29) is 0 Å². The minimum absolute atomic E-state index is 0.317. The Morgan fingerprint density at radius 1 is 1.05 bits per heavy atom. The first-order chi connectivity index (χ1) is 9.19. The summed E-state index contributed by atoms with van der Waals surface area (Å²) in [5.74, 6) is 3.85. The van der Waals surface area contributed by atoms with Crippen LogP contribution in [-0.4, -0.2) is 23.3 Å². The molecule has 1 N–H and O–H groups in total. The van der Waals surface area contributed by atoms with E-state index < -0.39 is 0 Å². The fourth-order valence-electron chi connectivity index (χ4n) is 6.05. The molecule has 0 radical (unpaired) electrons. The van der Waals surface area contributed by atoms with Crippen LogP contribution in [0.25, 0.3) is 0 Å². The summed E-state index contributed by atoms with van der Waals surface area (Å²) in [6.45, 7) is 3.50. The molecule has 5 atom stereocenters. The number of piperidine rings is 1. The van der Waals surface area contributed by atoms with Gasteiger partial charge >= 0.3 is 0 Å². The quantitative estimate of drug-likeness (QED) is 0.559. The molecule has 1 aliphatic heterocycles. The van der Waals surface area contributed by atoms with Crippen LogP contribution < -0.4 is 0 Å². The minimum atomic E-state index is 0.317. The van der Waals surface area contributed by atoms with E-state index in [2.05, 4.69) is 11.8 Å². The number of fused-ring (bicyclic) bond motifs is 2. The highest BCUT2D eigenvalue weighted by Gasteiger charge is 2.57. The molecule has 1 heterocycles. The molecule has 3 saturated carbocycles. The summed E-state index contributed by atoms with van der Waals surface area (Å²) in [6.07, 6.45) is 12.5. The number of rotatable bonds is 1. The third-order valence-electron chi connectivity index (χ3n) is 6.86. The van der Waals surface area contributed by atoms with E-state index in [1.807, 2.05) is 0 Å². The lowest BCUT2D eigenvalue weighted by atomic mass is 9.60. The monoisotopic (exact) mass is 260 g/mol. The van der Waals surface area contributed by atoms with Crippen molar-refractivity contribution >= 4 is 5.84 Å². The molecule has 0 amide bonds. The van der Waals surface area contributed by atoms with Gasteiger partial charge in [0.05, 0.1) is 0 Å². The summed E-state index contributed by atoms with van der Waals surface area (Å²) in [6, 6.07) is 0.620. The van der Waals surface area contributed by atoms with Crippen LogP contribution in [-0.2, 0) is 0 Å². The van der Waals surface area contributed by atoms with Crippen molar-refractivity contribution in [2.75, 3.05) is 6.54 Å². The van der Waals surface area contributed by atoms with Crippen molar-refractivity contribution in [3.8, 4) is 0 Å². The summed E-state index contributed by atoms with van der Waals surface area (Å²) < 4.78 is 0. The smallest absolute Gasteiger partial charge is 0.103 e. The third kappa shape index (κ3) is 1.71. The molecule has 2 heteroatoms. The number of hydrogen-bond donors (Lipinski definition) is 1. The van der Waals surface area contributed by atoms with Crippen LogP contribution >= 0.6 is 0 Å². The molecule has 0 spiro atoms. The van der Waals surface area contributed by atoms with Crippen molar-refractivity contribution < 1.29 is 0 Å². The average Bonchev–Trinajstić information content (AvgIpc) is 2.56. The maximum absolute atomic E-state index is 8.96. The van der Waals surface area contributed by atoms with E-state index in [4.69, 9.17) is 5.41 Å². The van der Waals surface area contributed by atoms with Gasteiger partial charge < -0.3 is 4.90 Å². The molecule has 4 rings (SSSR count). The molecule has 0 aromatic heterocycles. The highest BCUT2D eigenvalue weighted by atomic mass is 15.2. The number of likely N-dealkylation sites (tertiary alicyclic amines) is 1. The third-order valence-corrected chi connectivity index (χ3v) is 6.86. The Morgan fingerprint density at radius 2 is 1.89 bits per heavy atom. The molecule has 19 heavy (non-hydrogen) atoms. The van der Waals surface area contributed by atoms with E-state index in [9.17, 15) is 0 Å². The normalized spacial score (nSPS) is 48.6. The largest absolute Gasteiger partial charge is 0.357 e. The fraction of sp³-hybridized carbons (Fsp3) is 0.941. The van der Waals surface area contributed by atoms with Gasteiger partial charge in [0, 0.05) is 18.0 Å². The summed E-state index contributed by atoms with van der Waals surface area (Å²) in [5.41, 5.74) is 0.317. The molecule has 3 aliphatic carbocycles. The lowest BCUT2D eigenvalue weighted by molar-refractivity contribution is 0.101. The Hall–Kier alpha value is -0.530. The first-order valence-corrected chi connectivity index (χ1v) is 8.55. The maximum Gasteiger partial charge on any atom is 0.103 e. The molecule has 2 nitrogen and oxygen atoms in total. The van der Waals surface area contributed by atoms with Crippen LogP contribution in [0.1, 0.15) is 64.7 Å². The molecular weight excluding hydrogens is 232 g/mol. The van der Waals surface area contributed by atoms with Crippen molar-refractivity contribution in [3.05, 3.63) is 0 Å². The second-order valence-electron chi connectivity index (χ2n) is 7.93. The van der Waals surface area contributed by atoms with Crippen molar-refractivity contribution in [1.29, 1.82) is 5.41 Å². The Labute approximate surface area is 117 Å². The zero-order valence-corrected chi connectivity index (χ0v) is 12.3. The van der Waals surface area contributed by atoms with Crippen LogP contribution in [0, 0.1) is 28.6 Å². The maximum atomic E-state index is 8.96. The second kappa shape index (κ2) is 4.23. The van der Waals surface area contributed by atoms with Gasteiger partial charge in [-0.3, -0.25) is 5.41 Å². The van der Waals surface area contributed by atoms with Crippen molar-refractivity contribution in [2.24, 2.45) is 23.2 Å². The average molecular weight is 260 g/mol. The zero-order valence-electron chi connectivity index (χ0n) is 12.3. The van der Waals surface area contributed by atoms with Crippen LogP contribution in [0.4, 0.5) is 0 Å². The topological polar surface area (TPSA) is 27.1 Å². The van der Waals surface area contributed by atoms with Crippen LogP contribution in [0.3, 0.4) is 0 Å². The Balaban J connectivity index is 1.62. The van der Waals surface area contributed by atoms with Gasteiger partial charge in [-0.05, 0) is 76.0 Å². The molecule has 0 aromatic rings. The molecule has 4 fully saturated rings. The van der Waals surface area contributed by atoms with Gasteiger partial charge in [-0.25, -0.2) is 0 Å². The van der Waals surface area contributed by atoms with Gasteiger partial charge in [0.25, 0.3) is 0 Å². The van der Waals surface area contributed by atoms with Gasteiger partial charge in [-0.15, -0.1) is 0 Å². The molecule has 5 unspecified atom stereocenters. The first-order valence-electron chi connectivity index (χ1n) is 8.55. The molecular formula is C17H28N2. The van der Waals surface area contributed by atoms with Crippen LogP contribution in [0.15, 0.2) is 0 Å². The Bertz CT molecular complexity index is 391. The van der Waals surface area contributed by atoms with Crippen LogP contribution in [0.5, 0.6) is 0 Å². The van der Waals surface area contributed by atoms with Gasteiger partial charge in [-0.1, -0.05) is 6.42 Å². The molecule has 4 aliphatic rings. The second-order valence-corrected chi connectivity index (χ2v) is 7.93. The van der Waals surface area contributed by atoms with Gasteiger partial charge in [0.1, 0.15) is 5.84 Å². The summed E-state index contributed by atoms with van der Waals surface area (Å²) >= 11 is 0. The van der Waals surface area contributed by atoms with Crippen LogP contribution in [0.2, 0.25) is 0 Å². The van der Waals surface area contributed by atoms with Gasteiger partial charge in [0.15, 0.2) is 0 Å². The van der Waals surface area contributed by atoms with Gasteiger partial charge in [0.2, 0.25) is 0 Å². The van der Waals surface area contributed by atoms with Crippen molar-refractivity contribution in [1.82, 2.24) is 4.90 Å². The van der Waals surface area contributed by atoms with Gasteiger partial charge in [-0.2, -0.15) is 0 Å². The molecule has 0 aromatic carbocycles. The highest BCUT2D eigenvalue weighted by molar-refractivity contribution is 5.87. The summed E-state index contributed by atoms with van der Waals surface area (Å²) in [7, 11) is 0. The van der Waals surface area contributed by atoms with E-state index in [0.29, 0.717) is 11.5 Å². The number of amidine groups is 1. The SMILES string of the molecule is CC1CCCCN1C(=N)C12CC3CCC1CC(C3)C2. The lowest BCUT2D eigenvalue weighted by Gasteiger charge is -2.50. The molecule has 1 saturated heterocycles. The Kier molecular flexibility index (Phi) is 2.72. The minimum Gasteiger partial charge on any atom is -0.357 e. The number of hydrogen-bond acceptors (Lipinski definition) is 1. The molecule has 3 bridgehead atoms. The first kappa shape index (κ1) is 12.2. The highest BCUT2D eigenvalue weighted by Crippen LogP contribution is 2.63. The van der Waals surface area contributed by atoms with E-state index >= 15 is 0 Å². The predicted octanol–water partition coefficient (Wildman–Crippen LogP) is 4.05. The lowest BCUT2D eigenvalue weighted by Crippen LogP contribution is -2.53. The number of nitrogens with one attached hydrogen (secondary N) is 1. The Morgan fingerprint density at radius 3 is 2.74 bits per heavy atom. The van der Waals surface area contributed by atoms with E-state index in [0.717, 1.165) is 30.1 Å². The number of nitrogens with zero attached hydrogens (tertiary/aromatic N) is 1. The van der Waals surface area contributed by atoms with Crippen molar-refractivity contribution in [2.45, 2.75) is 70.8 Å². The standard InChI is InChI=1S/C17H28N2/c1-12-4-2-3-7-19(12)16(18)17-10-13-5-6-15(17)9-14(8-13)11-17/h12-15,18H,2-11H2,1H3. The summed E-state index contributed by atoms with van der Waals surface area (Å²) in [4.78, 5) is 2.49. The predicted molar refractivity (Wildman–Crippen MR) is 78.4 cm³/mol. The van der Waals surface area contributed by atoms with E-state index in [1.165, 1.54) is 57.8 Å². The molecule has 106 valence electrons.